The molecule has 0 spiro atoms. The summed E-state index contributed by atoms with van der Waals surface area (Å²) in [5.41, 5.74) is 2.30. The number of carbonyl (C=O) groups excluding carboxylic acids is 1. The van der Waals surface area contributed by atoms with E-state index in [0.717, 1.165) is 5.56 Å². The fraction of sp³-hybridized carbons (Fsp3) is 0.278. The lowest BCUT2D eigenvalue weighted by Crippen LogP contribution is -2.30. The third-order valence-corrected chi connectivity index (χ3v) is 4.95. The molecular formula is C18H22N2O3S. The Hall–Kier alpha value is -2.34. The highest BCUT2D eigenvalue weighted by Crippen LogP contribution is 2.21. The zero-order valence-electron chi connectivity index (χ0n) is 14.3. The van der Waals surface area contributed by atoms with Gasteiger partial charge in [-0.05, 0) is 63.1 Å². The third-order valence-electron chi connectivity index (χ3n) is 3.43. The Balaban J connectivity index is 2.30. The quantitative estimate of drug-likeness (QED) is 0.873. The number of hydrogen-bond acceptors (Lipinski definition) is 3. The first-order valence-corrected chi connectivity index (χ1v) is 9.18. The van der Waals surface area contributed by atoms with E-state index in [-0.39, 0.29) is 16.8 Å². The van der Waals surface area contributed by atoms with E-state index in [1.165, 1.54) is 6.07 Å². The first-order chi connectivity index (χ1) is 11.2. The van der Waals surface area contributed by atoms with Gasteiger partial charge in [0.25, 0.3) is 15.9 Å². The maximum absolute atomic E-state index is 12.6. The van der Waals surface area contributed by atoms with E-state index in [0.29, 0.717) is 16.8 Å². The molecule has 0 aromatic heterocycles. The maximum atomic E-state index is 12.6. The van der Waals surface area contributed by atoms with Crippen LogP contribution in [0.2, 0.25) is 0 Å². The van der Waals surface area contributed by atoms with Crippen molar-refractivity contribution in [2.24, 2.45) is 0 Å². The summed E-state index contributed by atoms with van der Waals surface area (Å²) in [4.78, 5) is 12.3. The number of benzene rings is 2. The highest BCUT2D eigenvalue weighted by Gasteiger charge is 2.18. The van der Waals surface area contributed by atoms with E-state index in [4.69, 9.17) is 0 Å². The summed E-state index contributed by atoms with van der Waals surface area (Å²) in [7, 11) is -3.71. The lowest BCUT2D eigenvalue weighted by Gasteiger charge is -2.13. The van der Waals surface area contributed by atoms with Gasteiger partial charge < -0.3 is 5.32 Å². The van der Waals surface area contributed by atoms with Gasteiger partial charge in [-0.15, -0.1) is 0 Å². The molecule has 0 aliphatic rings. The van der Waals surface area contributed by atoms with Gasteiger partial charge in [0.1, 0.15) is 0 Å². The molecule has 2 rings (SSSR count). The Kier molecular flexibility index (Phi) is 5.29. The standard InChI is InChI=1S/C18H22N2O3S/c1-12(2)19-18(21)15-6-5-7-16(11-15)20-24(22,23)17-10-13(3)8-9-14(17)4/h5-12,20H,1-4H3,(H,19,21). The molecule has 0 bridgehead atoms. The normalized spacial score (nSPS) is 11.4. The monoisotopic (exact) mass is 346 g/mol. The van der Waals surface area contributed by atoms with Crippen molar-refractivity contribution in [3.63, 3.8) is 0 Å². The van der Waals surface area contributed by atoms with Crippen LogP contribution in [0.25, 0.3) is 0 Å². The maximum Gasteiger partial charge on any atom is 0.262 e. The van der Waals surface area contributed by atoms with Crippen molar-refractivity contribution in [3.05, 3.63) is 59.2 Å². The van der Waals surface area contributed by atoms with Gasteiger partial charge in [0.2, 0.25) is 0 Å². The van der Waals surface area contributed by atoms with Gasteiger partial charge in [0, 0.05) is 17.3 Å². The van der Waals surface area contributed by atoms with Crippen molar-refractivity contribution in [1.29, 1.82) is 0 Å². The second kappa shape index (κ2) is 7.05. The molecule has 0 unspecified atom stereocenters. The van der Waals surface area contributed by atoms with Crippen LogP contribution in [0.15, 0.2) is 47.4 Å². The van der Waals surface area contributed by atoms with Crippen LogP contribution in [0.5, 0.6) is 0 Å². The van der Waals surface area contributed by atoms with Gasteiger partial charge in [-0.1, -0.05) is 18.2 Å². The van der Waals surface area contributed by atoms with E-state index in [9.17, 15) is 13.2 Å². The number of hydrogen-bond donors (Lipinski definition) is 2. The SMILES string of the molecule is Cc1ccc(C)c(S(=O)(=O)Nc2cccc(C(=O)NC(C)C)c2)c1. The summed E-state index contributed by atoms with van der Waals surface area (Å²) < 4.78 is 27.8. The number of nitrogens with one attached hydrogen (secondary N) is 2. The van der Waals surface area contributed by atoms with Crippen molar-refractivity contribution in [3.8, 4) is 0 Å². The van der Waals surface area contributed by atoms with Crippen LogP contribution >= 0.6 is 0 Å². The van der Waals surface area contributed by atoms with Crippen LogP contribution in [0.1, 0.15) is 35.3 Å². The van der Waals surface area contributed by atoms with Crippen LogP contribution in [-0.2, 0) is 10.0 Å². The molecule has 0 heterocycles. The minimum Gasteiger partial charge on any atom is -0.350 e. The average molecular weight is 346 g/mol. The highest BCUT2D eigenvalue weighted by molar-refractivity contribution is 7.92. The molecule has 0 saturated carbocycles. The predicted octanol–water partition coefficient (Wildman–Crippen LogP) is 3.24. The van der Waals surface area contributed by atoms with Gasteiger partial charge in [0.15, 0.2) is 0 Å². The molecule has 0 fully saturated rings. The Morgan fingerprint density at radius 2 is 1.75 bits per heavy atom. The summed E-state index contributed by atoms with van der Waals surface area (Å²) in [5.74, 6) is -0.238. The van der Waals surface area contributed by atoms with Crippen molar-refractivity contribution in [2.75, 3.05) is 4.72 Å². The first kappa shape index (κ1) is 18.0. The van der Waals surface area contributed by atoms with Crippen LogP contribution < -0.4 is 10.0 Å². The van der Waals surface area contributed by atoms with Crippen molar-refractivity contribution < 1.29 is 13.2 Å². The van der Waals surface area contributed by atoms with Gasteiger partial charge in [-0.2, -0.15) is 0 Å². The van der Waals surface area contributed by atoms with E-state index in [2.05, 4.69) is 10.0 Å². The molecule has 2 aromatic rings. The van der Waals surface area contributed by atoms with Crippen LogP contribution in [-0.4, -0.2) is 20.4 Å². The molecule has 2 N–H and O–H groups in total. The van der Waals surface area contributed by atoms with Crippen molar-refractivity contribution in [2.45, 2.75) is 38.6 Å². The Morgan fingerprint density at radius 3 is 2.42 bits per heavy atom. The smallest absolute Gasteiger partial charge is 0.262 e. The largest absolute Gasteiger partial charge is 0.350 e. The Labute approximate surface area is 143 Å². The summed E-state index contributed by atoms with van der Waals surface area (Å²) in [6, 6.07) is 11.7. The van der Waals surface area contributed by atoms with Crippen molar-refractivity contribution in [1.82, 2.24) is 5.32 Å². The van der Waals surface area contributed by atoms with Gasteiger partial charge in [-0.3, -0.25) is 9.52 Å². The Bertz CT molecular complexity index is 858. The summed E-state index contributed by atoms with van der Waals surface area (Å²) in [5, 5.41) is 2.78. The van der Waals surface area contributed by atoms with E-state index >= 15 is 0 Å². The molecule has 0 radical (unpaired) electrons. The molecule has 0 aliphatic carbocycles. The number of amides is 1. The van der Waals surface area contributed by atoms with Gasteiger partial charge in [-0.25, -0.2) is 8.42 Å². The zero-order valence-corrected chi connectivity index (χ0v) is 15.1. The summed E-state index contributed by atoms with van der Waals surface area (Å²) in [6.07, 6.45) is 0. The fourth-order valence-electron chi connectivity index (χ4n) is 2.28. The topological polar surface area (TPSA) is 75.3 Å². The number of carbonyl (C=O) groups is 1. The average Bonchev–Trinajstić information content (AvgIpc) is 2.48. The minimum absolute atomic E-state index is 0.00721. The van der Waals surface area contributed by atoms with Crippen molar-refractivity contribution >= 4 is 21.6 Å². The first-order valence-electron chi connectivity index (χ1n) is 7.70. The summed E-state index contributed by atoms with van der Waals surface area (Å²) in [6.45, 7) is 7.33. The van der Waals surface area contributed by atoms with Gasteiger partial charge >= 0.3 is 0 Å². The van der Waals surface area contributed by atoms with E-state index in [1.807, 2.05) is 26.8 Å². The Morgan fingerprint density at radius 1 is 1.04 bits per heavy atom. The second-order valence-electron chi connectivity index (χ2n) is 6.08. The number of sulfonamides is 1. The van der Waals surface area contributed by atoms with Crippen LogP contribution in [0, 0.1) is 13.8 Å². The molecule has 2 aromatic carbocycles. The second-order valence-corrected chi connectivity index (χ2v) is 7.73. The third kappa shape index (κ3) is 4.35. The highest BCUT2D eigenvalue weighted by atomic mass is 32.2. The van der Waals surface area contributed by atoms with Crippen LogP contribution in [0.3, 0.4) is 0 Å². The lowest BCUT2D eigenvalue weighted by atomic mass is 10.2. The number of rotatable bonds is 5. The zero-order chi connectivity index (χ0) is 17.9. The number of aryl methyl sites for hydroxylation is 2. The summed E-state index contributed by atoms with van der Waals surface area (Å²) >= 11 is 0. The number of anilines is 1. The molecule has 5 nitrogen and oxygen atoms in total. The molecule has 128 valence electrons. The fourth-order valence-corrected chi connectivity index (χ4v) is 3.66. The van der Waals surface area contributed by atoms with E-state index in [1.54, 1.807) is 37.3 Å². The molecule has 0 atom stereocenters. The van der Waals surface area contributed by atoms with E-state index < -0.39 is 10.0 Å². The minimum atomic E-state index is -3.71. The molecule has 6 heteroatoms. The molecule has 0 aliphatic heterocycles. The van der Waals surface area contributed by atoms with Gasteiger partial charge in [0.05, 0.1) is 4.90 Å². The van der Waals surface area contributed by atoms with Crippen LogP contribution in [0.4, 0.5) is 5.69 Å². The molecule has 1 amide bonds. The molecule has 0 saturated heterocycles. The lowest BCUT2D eigenvalue weighted by molar-refractivity contribution is 0.0943. The predicted molar refractivity (Wildman–Crippen MR) is 95.8 cm³/mol. The molecular weight excluding hydrogens is 324 g/mol. The molecule has 24 heavy (non-hydrogen) atoms.